The number of nitrogens with zero attached hydrogens (tertiary/aromatic N) is 1. The molecule has 2 rings (SSSR count). The first-order chi connectivity index (χ1) is 6.65. The van der Waals surface area contributed by atoms with Crippen LogP contribution in [0.5, 0.6) is 0 Å². The van der Waals surface area contributed by atoms with Crippen LogP contribution in [0.25, 0.3) is 0 Å². The molecule has 76 valence electrons. The molecule has 1 nitrogen and oxygen atoms in total. The van der Waals surface area contributed by atoms with Crippen molar-refractivity contribution in [2.24, 2.45) is 0 Å². The van der Waals surface area contributed by atoms with Crippen molar-refractivity contribution < 1.29 is 4.39 Å². The maximum atomic E-state index is 12.6. The van der Waals surface area contributed by atoms with Crippen LogP contribution in [-0.4, -0.2) is 24.2 Å². The van der Waals surface area contributed by atoms with Crippen LogP contribution in [0.1, 0.15) is 5.56 Å². The summed E-state index contributed by atoms with van der Waals surface area (Å²) in [4.78, 5) is 2.04. The third-order valence-electron chi connectivity index (χ3n) is 2.31. The second kappa shape index (κ2) is 4.17. The first-order valence-electron chi connectivity index (χ1n) is 4.45. The number of rotatable bonds is 2. The maximum Gasteiger partial charge on any atom is 0.125 e. The number of likely N-dealkylation sites (tertiary alicyclic amines) is 1. The number of alkyl halides is 1. The van der Waals surface area contributed by atoms with Gasteiger partial charge in [-0.25, -0.2) is 4.39 Å². The molecule has 0 N–H and O–H groups in total. The highest BCUT2D eigenvalue weighted by Gasteiger charge is 2.26. The molecule has 0 bridgehead atoms. The lowest BCUT2D eigenvalue weighted by Crippen LogP contribution is -2.47. The largest absolute Gasteiger partial charge is 0.293 e. The van der Waals surface area contributed by atoms with E-state index in [4.69, 9.17) is 11.6 Å². The summed E-state index contributed by atoms with van der Waals surface area (Å²) < 4.78 is 13.6. The van der Waals surface area contributed by atoms with E-state index in [1.807, 2.05) is 23.1 Å². The van der Waals surface area contributed by atoms with E-state index >= 15 is 0 Å². The van der Waals surface area contributed by atoms with E-state index < -0.39 is 6.17 Å². The lowest BCUT2D eigenvalue weighted by molar-refractivity contribution is 0.0591. The Hall–Kier alpha value is -0.120. The van der Waals surface area contributed by atoms with E-state index in [9.17, 15) is 4.39 Å². The fraction of sp³-hybridized carbons (Fsp3) is 0.400. The zero-order valence-electron chi connectivity index (χ0n) is 7.51. The van der Waals surface area contributed by atoms with E-state index in [1.54, 1.807) is 0 Å². The molecule has 0 radical (unpaired) electrons. The van der Waals surface area contributed by atoms with Crippen molar-refractivity contribution in [3.8, 4) is 0 Å². The van der Waals surface area contributed by atoms with Gasteiger partial charge in [0.1, 0.15) is 6.17 Å². The van der Waals surface area contributed by atoms with Gasteiger partial charge in [-0.05, 0) is 23.8 Å². The van der Waals surface area contributed by atoms with E-state index in [1.165, 1.54) is 0 Å². The van der Waals surface area contributed by atoms with Crippen molar-refractivity contribution in [2.45, 2.75) is 12.7 Å². The summed E-state index contributed by atoms with van der Waals surface area (Å²) in [5.41, 5.74) is 1.05. The second-order valence-corrected chi connectivity index (χ2v) is 4.85. The van der Waals surface area contributed by atoms with Crippen molar-refractivity contribution >= 4 is 27.5 Å². The normalized spacial score (nSPS) is 18.2. The molecular formula is C10H10BrClFN. The Morgan fingerprint density at radius 2 is 2.21 bits per heavy atom. The highest BCUT2D eigenvalue weighted by molar-refractivity contribution is 9.10. The SMILES string of the molecule is FC1CN(Cc2cc(Br)ccc2Cl)C1. The van der Waals surface area contributed by atoms with Gasteiger partial charge in [0.05, 0.1) is 0 Å². The fourth-order valence-electron chi connectivity index (χ4n) is 1.54. The molecule has 1 aromatic carbocycles. The van der Waals surface area contributed by atoms with Crippen molar-refractivity contribution in [1.82, 2.24) is 4.90 Å². The van der Waals surface area contributed by atoms with Crippen molar-refractivity contribution in [3.63, 3.8) is 0 Å². The van der Waals surface area contributed by atoms with Gasteiger partial charge in [0.15, 0.2) is 0 Å². The summed E-state index contributed by atoms with van der Waals surface area (Å²) >= 11 is 9.40. The molecular weight excluding hydrogens is 268 g/mol. The van der Waals surface area contributed by atoms with E-state index in [0.717, 1.165) is 21.6 Å². The number of hydrogen-bond donors (Lipinski definition) is 0. The summed E-state index contributed by atoms with van der Waals surface area (Å²) in [5.74, 6) is 0. The minimum atomic E-state index is -0.652. The van der Waals surface area contributed by atoms with Gasteiger partial charge in [-0.3, -0.25) is 4.90 Å². The third-order valence-corrected chi connectivity index (χ3v) is 3.18. The minimum Gasteiger partial charge on any atom is -0.293 e. The number of halogens is 3. The Bertz CT molecular complexity index is 339. The molecule has 0 unspecified atom stereocenters. The van der Waals surface area contributed by atoms with Crippen LogP contribution in [0, 0.1) is 0 Å². The van der Waals surface area contributed by atoms with Crippen molar-refractivity contribution in [1.29, 1.82) is 0 Å². The van der Waals surface area contributed by atoms with Gasteiger partial charge in [-0.1, -0.05) is 27.5 Å². The average molecular weight is 279 g/mol. The Morgan fingerprint density at radius 1 is 1.50 bits per heavy atom. The van der Waals surface area contributed by atoms with Crippen LogP contribution in [0.4, 0.5) is 4.39 Å². The van der Waals surface area contributed by atoms with Crippen LogP contribution in [-0.2, 0) is 6.54 Å². The molecule has 14 heavy (non-hydrogen) atoms. The van der Waals surface area contributed by atoms with Crippen molar-refractivity contribution in [2.75, 3.05) is 13.1 Å². The maximum absolute atomic E-state index is 12.6. The van der Waals surface area contributed by atoms with Gasteiger partial charge in [-0.15, -0.1) is 0 Å². The highest BCUT2D eigenvalue weighted by Crippen LogP contribution is 2.24. The van der Waals surface area contributed by atoms with Crippen LogP contribution in [0.2, 0.25) is 5.02 Å². The van der Waals surface area contributed by atoms with Crippen LogP contribution < -0.4 is 0 Å². The smallest absolute Gasteiger partial charge is 0.125 e. The van der Waals surface area contributed by atoms with E-state index in [2.05, 4.69) is 15.9 Å². The Balaban J connectivity index is 2.05. The summed E-state index contributed by atoms with van der Waals surface area (Å²) in [6, 6.07) is 5.74. The Labute approximate surface area is 96.0 Å². The molecule has 1 saturated heterocycles. The number of hydrogen-bond acceptors (Lipinski definition) is 1. The zero-order chi connectivity index (χ0) is 10.1. The van der Waals surface area contributed by atoms with E-state index in [-0.39, 0.29) is 0 Å². The molecule has 0 atom stereocenters. The Kier molecular flexibility index (Phi) is 3.10. The minimum absolute atomic E-state index is 0.531. The summed E-state index contributed by atoms with van der Waals surface area (Å²) in [6.07, 6.45) is -0.652. The molecule has 0 spiro atoms. The monoisotopic (exact) mass is 277 g/mol. The fourth-order valence-corrected chi connectivity index (χ4v) is 2.13. The topological polar surface area (TPSA) is 3.24 Å². The van der Waals surface area contributed by atoms with Crippen LogP contribution >= 0.6 is 27.5 Å². The standard InChI is InChI=1S/C10H10BrClFN/c11-8-1-2-10(12)7(3-8)4-14-5-9(13)6-14/h1-3,9H,4-6H2. The first kappa shape index (κ1) is 10.4. The molecule has 1 aromatic rings. The third kappa shape index (κ3) is 2.27. The summed E-state index contributed by atoms with van der Waals surface area (Å²) in [7, 11) is 0. The summed E-state index contributed by atoms with van der Waals surface area (Å²) in [6.45, 7) is 1.80. The van der Waals surface area contributed by atoms with Gasteiger partial charge >= 0.3 is 0 Å². The van der Waals surface area contributed by atoms with Gasteiger partial charge in [0, 0.05) is 29.1 Å². The quantitative estimate of drug-likeness (QED) is 0.803. The summed E-state index contributed by atoms with van der Waals surface area (Å²) in [5, 5.41) is 0.746. The molecule has 0 saturated carbocycles. The number of benzene rings is 1. The predicted octanol–water partition coefficient (Wildman–Crippen LogP) is 3.26. The zero-order valence-corrected chi connectivity index (χ0v) is 9.85. The van der Waals surface area contributed by atoms with Gasteiger partial charge < -0.3 is 0 Å². The van der Waals surface area contributed by atoms with Gasteiger partial charge in [0.2, 0.25) is 0 Å². The van der Waals surface area contributed by atoms with Crippen LogP contribution in [0.3, 0.4) is 0 Å². The van der Waals surface area contributed by atoms with Gasteiger partial charge in [-0.2, -0.15) is 0 Å². The first-order valence-corrected chi connectivity index (χ1v) is 5.62. The van der Waals surface area contributed by atoms with E-state index in [0.29, 0.717) is 13.1 Å². The molecule has 0 aliphatic carbocycles. The van der Waals surface area contributed by atoms with Crippen molar-refractivity contribution in [3.05, 3.63) is 33.3 Å². The lowest BCUT2D eigenvalue weighted by atomic mass is 10.1. The molecule has 1 aliphatic rings. The Morgan fingerprint density at radius 3 is 2.86 bits per heavy atom. The molecule has 4 heteroatoms. The molecule has 1 fully saturated rings. The van der Waals surface area contributed by atoms with Gasteiger partial charge in [0.25, 0.3) is 0 Å². The predicted molar refractivity (Wildman–Crippen MR) is 59.3 cm³/mol. The highest BCUT2D eigenvalue weighted by atomic mass is 79.9. The second-order valence-electron chi connectivity index (χ2n) is 3.53. The molecule has 1 aliphatic heterocycles. The average Bonchev–Trinajstić information content (AvgIpc) is 2.09. The molecule has 0 aromatic heterocycles. The molecule has 0 amide bonds. The molecule has 1 heterocycles. The van der Waals surface area contributed by atoms with Crippen LogP contribution in [0.15, 0.2) is 22.7 Å². The lowest BCUT2D eigenvalue weighted by Gasteiger charge is -2.34.